The minimum atomic E-state index is -4.58. The Morgan fingerprint density at radius 3 is 2.46 bits per heavy atom. The van der Waals surface area contributed by atoms with Crippen molar-refractivity contribution in [3.63, 3.8) is 0 Å². The van der Waals surface area contributed by atoms with Crippen LogP contribution in [0.15, 0.2) is 48.9 Å². The smallest absolute Gasteiger partial charge is 0.382 e. The second kappa shape index (κ2) is 13.3. The predicted octanol–water partition coefficient (Wildman–Crippen LogP) is 4.21. The molecule has 1 aliphatic heterocycles. The van der Waals surface area contributed by atoms with E-state index < -0.39 is 17.8 Å². The van der Waals surface area contributed by atoms with Gasteiger partial charge in [0.05, 0.1) is 37.0 Å². The zero-order valence-corrected chi connectivity index (χ0v) is 25.6. The fourth-order valence-electron chi connectivity index (χ4n) is 5.55. The van der Waals surface area contributed by atoms with Crippen molar-refractivity contribution >= 4 is 34.8 Å². The van der Waals surface area contributed by atoms with Gasteiger partial charge < -0.3 is 15.8 Å². The Kier molecular flexibility index (Phi) is 9.41. The summed E-state index contributed by atoms with van der Waals surface area (Å²) in [6.45, 7) is 5.83. The molecule has 244 valence electrons. The van der Waals surface area contributed by atoms with E-state index in [2.05, 4.69) is 30.6 Å². The molecule has 3 amide bonds. The van der Waals surface area contributed by atoms with Crippen molar-refractivity contribution in [1.29, 1.82) is 0 Å². The van der Waals surface area contributed by atoms with E-state index in [1.54, 1.807) is 28.8 Å². The molecule has 0 bridgehead atoms. The van der Waals surface area contributed by atoms with E-state index in [0.29, 0.717) is 47.5 Å². The van der Waals surface area contributed by atoms with Gasteiger partial charge in [0.15, 0.2) is 5.82 Å². The minimum Gasteiger partial charge on any atom is -0.382 e. The first-order valence-corrected chi connectivity index (χ1v) is 14.4. The molecule has 0 aliphatic carbocycles. The molecule has 2 atom stereocenters. The van der Waals surface area contributed by atoms with Crippen molar-refractivity contribution in [3.8, 4) is 11.1 Å². The lowest BCUT2D eigenvalue weighted by Crippen LogP contribution is -2.45. The molecule has 5 rings (SSSR count). The van der Waals surface area contributed by atoms with Crippen LogP contribution in [0.2, 0.25) is 0 Å². The number of ether oxygens (including phenoxy) is 1. The summed E-state index contributed by atoms with van der Waals surface area (Å²) < 4.78 is 46.8. The highest BCUT2D eigenvalue weighted by atomic mass is 19.4. The average Bonchev–Trinajstić information content (AvgIpc) is 3.29. The van der Waals surface area contributed by atoms with Crippen molar-refractivity contribution in [1.82, 2.24) is 29.5 Å². The van der Waals surface area contributed by atoms with E-state index >= 15 is 0 Å². The number of halogens is 3. The van der Waals surface area contributed by atoms with Crippen LogP contribution in [0.25, 0.3) is 16.6 Å². The summed E-state index contributed by atoms with van der Waals surface area (Å²) in [4.78, 5) is 41.2. The third-order valence-corrected chi connectivity index (χ3v) is 7.54. The Hall–Kier alpha value is -4.80. The fourth-order valence-corrected chi connectivity index (χ4v) is 5.55. The Labute approximate surface area is 262 Å². The summed E-state index contributed by atoms with van der Waals surface area (Å²) in [5.41, 5.74) is 9.10. The van der Waals surface area contributed by atoms with Gasteiger partial charge in [-0.15, -0.1) is 0 Å². The molecule has 3 aromatic heterocycles. The van der Waals surface area contributed by atoms with E-state index in [0.717, 1.165) is 29.1 Å². The normalized spacial score (nSPS) is 17.2. The van der Waals surface area contributed by atoms with Gasteiger partial charge in [-0.25, -0.2) is 24.3 Å². The van der Waals surface area contributed by atoms with Crippen LogP contribution < -0.4 is 16.4 Å². The maximum atomic E-state index is 13.2. The maximum absolute atomic E-state index is 13.2. The standard InChI is InChI=1S/C30H34F3N9O4/c1-17-13-41(14-18(2)46-17)15-23-22(12-25(43)40(3)45-4)26(27-28(34)36-16-37-42(23)27)19-5-7-21(8-6-19)38-29(44)39-24-11-20(9-10-35-24)30(31,32)33/h5-11,16-18H,12-15H2,1-4H3,(H2,34,36,37)(H2,35,38,39,44). The molecule has 1 fully saturated rings. The van der Waals surface area contributed by atoms with Crippen LogP contribution in [0.5, 0.6) is 0 Å². The number of nitrogens with one attached hydrogen (secondary N) is 2. The molecule has 4 aromatic rings. The third kappa shape index (κ3) is 7.19. The highest BCUT2D eigenvalue weighted by Gasteiger charge is 2.31. The van der Waals surface area contributed by atoms with Gasteiger partial charge >= 0.3 is 12.2 Å². The van der Waals surface area contributed by atoms with Gasteiger partial charge in [0.2, 0.25) is 5.91 Å². The number of amides is 3. The van der Waals surface area contributed by atoms with Crippen LogP contribution in [-0.4, -0.2) is 80.9 Å². The fraction of sp³-hybridized carbons (Fsp3) is 0.367. The summed E-state index contributed by atoms with van der Waals surface area (Å²) in [5.74, 6) is -0.343. The molecule has 1 aromatic carbocycles. The van der Waals surface area contributed by atoms with E-state index in [1.807, 2.05) is 13.8 Å². The number of nitrogen functional groups attached to an aromatic ring is 1. The van der Waals surface area contributed by atoms with Crippen LogP contribution >= 0.6 is 0 Å². The number of alkyl halides is 3. The number of hydroxylamine groups is 2. The van der Waals surface area contributed by atoms with E-state index in [4.69, 9.17) is 15.3 Å². The van der Waals surface area contributed by atoms with E-state index in [-0.39, 0.29) is 36.2 Å². The molecule has 13 nitrogen and oxygen atoms in total. The van der Waals surface area contributed by atoms with Gasteiger partial charge in [-0.2, -0.15) is 18.3 Å². The Balaban J connectivity index is 1.48. The number of fused-ring (bicyclic) bond motifs is 1. The number of nitrogens with two attached hydrogens (primary N) is 1. The van der Waals surface area contributed by atoms with Crippen LogP contribution in [-0.2, 0) is 33.5 Å². The molecule has 0 radical (unpaired) electrons. The molecule has 1 saturated heterocycles. The number of hydrogen-bond donors (Lipinski definition) is 3. The number of urea groups is 1. The summed E-state index contributed by atoms with van der Waals surface area (Å²) in [5, 5.41) is 10.6. The van der Waals surface area contributed by atoms with Crippen molar-refractivity contribution in [2.75, 3.05) is 43.6 Å². The quantitative estimate of drug-likeness (QED) is 0.240. The zero-order valence-electron chi connectivity index (χ0n) is 25.6. The number of carbonyl (C=O) groups excluding carboxylic acids is 2. The first kappa shape index (κ1) is 32.6. The monoisotopic (exact) mass is 641 g/mol. The second-order valence-electron chi connectivity index (χ2n) is 11.0. The van der Waals surface area contributed by atoms with Gasteiger partial charge in [-0.1, -0.05) is 12.1 Å². The molecule has 0 spiro atoms. The van der Waals surface area contributed by atoms with Crippen molar-refractivity contribution in [2.24, 2.45) is 0 Å². The van der Waals surface area contributed by atoms with Crippen LogP contribution in [0, 0.1) is 0 Å². The molecule has 1 aliphatic rings. The summed E-state index contributed by atoms with van der Waals surface area (Å²) in [6.07, 6.45) is -2.25. The van der Waals surface area contributed by atoms with Gasteiger partial charge in [0, 0.05) is 44.1 Å². The molecule has 4 N–H and O–H groups in total. The molecule has 16 heteroatoms. The number of aromatic nitrogens is 4. The number of hydrogen-bond acceptors (Lipinski definition) is 9. The number of morpholine rings is 1. The predicted molar refractivity (Wildman–Crippen MR) is 163 cm³/mol. The number of benzene rings is 1. The highest BCUT2D eigenvalue weighted by molar-refractivity contribution is 6.00. The van der Waals surface area contributed by atoms with Crippen LogP contribution in [0.4, 0.5) is 35.3 Å². The number of likely N-dealkylation sites (N-methyl/N-ethyl adjacent to an activating group) is 1. The van der Waals surface area contributed by atoms with Crippen LogP contribution in [0.1, 0.15) is 30.7 Å². The molecule has 2 unspecified atom stereocenters. The van der Waals surface area contributed by atoms with Crippen LogP contribution in [0.3, 0.4) is 0 Å². The first-order chi connectivity index (χ1) is 21.8. The minimum absolute atomic E-state index is 0.0143. The van der Waals surface area contributed by atoms with Crippen molar-refractivity contribution in [2.45, 2.75) is 45.2 Å². The number of anilines is 3. The number of carbonyl (C=O) groups is 2. The SMILES string of the molecule is CON(C)C(=O)Cc1c(-c2ccc(NC(=O)Nc3cc(C(F)(F)F)ccn3)cc2)c2c(N)ncnn2c1CN1CC(C)OC(C)C1. The summed E-state index contributed by atoms with van der Waals surface area (Å²) in [7, 11) is 2.93. The lowest BCUT2D eigenvalue weighted by atomic mass is 9.97. The lowest BCUT2D eigenvalue weighted by Gasteiger charge is -2.35. The summed E-state index contributed by atoms with van der Waals surface area (Å²) >= 11 is 0. The number of pyridine rings is 1. The Morgan fingerprint density at radius 2 is 1.80 bits per heavy atom. The van der Waals surface area contributed by atoms with Gasteiger partial charge in [-0.3, -0.25) is 19.8 Å². The van der Waals surface area contributed by atoms with Gasteiger partial charge in [0.25, 0.3) is 0 Å². The maximum Gasteiger partial charge on any atom is 0.416 e. The Bertz CT molecular complexity index is 1720. The molecule has 4 heterocycles. The molecule has 46 heavy (non-hydrogen) atoms. The topological polar surface area (TPSA) is 152 Å². The van der Waals surface area contributed by atoms with Gasteiger partial charge in [-0.05, 0) is 49.2 Å². The Morgan fingerprint density at radius 1 is 1.11 bits per heavy atom. The lowest BCUT2D eigenvalue weighted by molar-refractivity contribution is -0.167. The third-order valence-electron chi connectivity index (χ3n) is 7.54. The molecule has 0 saturated carbocycles. The van der Waals surface area contributed by atoms with E-state index in [1.165, 1.54) is 20.5 Å². The average molecular weight is 642 g/mol. The van der Waals surface area contributed by atoms with Crippen molar-refractivity contribution < 1.29 is 32.3 Å². The first-order valence-electron chi connectivity index (χ1n) is 14.4. The zero-order chi connectivity index (χ0) is 33.2. The number of nitrogens with zero attached hydrogens (tertiary/aromatic N) is 6. The number of rotatable bonds is 8. The summed E-state index contributed by atoms with van der Waals surface area (Å²) in [6, 6.07) is 7.48. The second-order valence-corrected chi connectivity index (χ2v) is 11.0. The molecular weight excluding hydrogens is 607 g/mol. The highest BCUT2D eigenvalue weighted by Crippen LogP contribution is 2.37. The molecular formula is C30H34F3N9O4. The largest absolute Gasteiger partial charge is 0.416 e. The van der Waals surface area contributed by atoms with Gasteiger partial charge in [0.1, 0.15) is 17.7 Å². The van der Waals surface area contributed by atoms with E-state index in [9.17, 15) is 22.8 Å². The van der Waals surface area contributed by atoms with Crippen molar-refractivity contribution in [3.05, 3.63) is 65.7 Å².